The van der Waals surface area contributed by atoms with Crippen molar-refractivity contribution in [2.24, 2.45) is 5.84 Å². The van der Waals surface area contributed by atoms with Gasteiger partial charge in [-0.3, -0.25) is 5.84 Å². The molecule has 0 spiro atoms. The largest absolute Gasteiger partial charge is 0.323 e. The highest BCUT2D eigenvalue weighted by atomic mass is 79.9. The Hall–Kier alpha value is 0.230. The highest BCUT2D eigenvalue weighted by Crippen LogP contribution is 2.35. The van der Waals surface area contributed by atoms with E-state index in [0.717, 1.165) is 14.6 Å². The van der Waals surface area contributed by atoms with Crippen molar-refractivity contribution in [1.29, 1.82) is 0 Å². The van der Waals surface area contributed by atoms with Gasteiger partial charge in [-0.25, -0.2) is 0 Å². The number of benzene rings is 1. The molecule has 0 amide bonds. The zero-order chi connectivity index (χ0) is 8.43. The number of rotatable bonds is 1. The number of nitrogens with one attached hydrogen (secondary N) is 1. The van der Waals surface area contributed by atoms with E-state index in [1.807, 2.05) is 12.1 Å². The minimum atomic E-state index is 0.612. The van der Waals surface area contributed by atoms with Gasteiger partial charge in [-0.15, -0.1) is 0 Å². The normalized spacial score (nSPS) is 9.82. The van der Waals surface area contributed by atoms with Crippen molar-refractivity contribution in [3.63, 3.8) is 0 Å². The van der Waals surface area contributed by atoms with Crippen LogP contribution in [0.25, 0.3) is 0 Å². The Kier molecular flexibility index (Phi) is 3.18. The Balaban J connectivity index is 3.25. The molecule has 2 nitrogen and oxygen atoms in total. The van der Waals surface area contributed by atoms with E-state index in [-0.39, 0.29) is 0 Å². The van der Waals surface area contributed by atoms with E-state index in [9.17, 15) is 0 Å². The first kappa shape index (κ1) is 9.32. The summed E-state index contributed by atoms with van der Waals surface area (Å²) in [5.41, 5.74) is 3.27. The molecular formula is C6H5Br2ClN2. The Labute approximate surface area is 86.3 Å². The van der Waals surface area contributed by atoms with Crippen molar-refractivity contribution < 1.29 is 0 Å². The molecule has 0 aromatic heterocycles. The standard InChI is InChI=1S/C6H5Br2ClN2/c7-3-1-2-4(11-10)5(8)6(3)9/h1-2,11H,10H2. The minimum absolute atomic E-state index is 0.612. The summed E-state index contributed by atoms with van der Waals surface area (Å²) in [4.78, 5) is 0. The van der Waals surface area contributed by atoms with Gasteiger partial charge in [0.2, 0.25) is 0 Å². The lowest BCUT2D eigenvalue weighted by atomic mass is 10.3. The van der Waals surface area contributed by atoms with E-state index in [1.165, 1.54) is 0 Å². The van der Waals surface area contributed by atoms with Crippen LogP contribution in [0.1, 0.15) is 0 Å². The summed E-state index contributed by atoms with van der Waals surface area (Å²) in [6.45, 7) is 0. The van der Waals surface area contributed by atoms with Gasteiger partial charge in [0.25, 0.3) is 0 Å². The molecule has 1 rings (SSSR count). The third-order valence-corrected chi connectivity index (χ3v) is 3.52. The maximum atomic E-state index is 5.87. The Bertz CT molecular complexity index is 278. The number of anilines is 1. The molecule has 0 unspecified atom stereocenters. The van der Waals surface area contributed by atoms with E-state index in [0.29, 0.717) is 5.02 Å². The first-order valence-corrected chi connectivity index (χ1v) is 4.73. The predicted molar refractivity (Wildman–Crippen MR) is 54.7 cm³/mol. The fourth-order valence-corrected chi connectivity index (χ4v) is 1.86. The average molecular weight is 300 g/mol. The first-order valence-electron chi connectivity index (χ1n) is 2.77. The molecule has 0 atom stereocenters. The lowest BCUT2D eigenvalue weighted by Gasteiger charge is -2.05. The second kappa shape index (κ2) is 3.76. The topological polar surface area (TPSA) is 38.0 Å². The lowest BCUT2D eigenvalue weighted by molar-refractivity contribution is 1.34. The van der Waals surface area contributed by atoms with E-state index in [2.05, 4.69) is 37.3 Å². The summed E-state index contributed by atoms with van der Waals surface area (Å²) in [5, 5.41) is 0.612. The SMILES string of the molecule is NNc1ccc(Br)c(Cl)c1Br. The second-order valence-electron chi connectivity index (χ2n) is 1.87. The molecule has 60 valence electrons. The molecule has 0 bridgehead atoms. The number of nitrogen functional groups attached to an aromatic ring is 1. The first-order chi connectivity index (χ1) is 5.16. The molecule has 0 saturated carbocycles. The smallest absolute Gasteiger partial charge is 0.0711 e. The molecule has 0 radical (unpaired) electrons. The Morgan fingerprint density at radius 2 is 2.00 bits per heavy atom. The van der Waals surface area contributed by atoms with Crippen LogP contribution in [0.2, 0.25) is 5.02 Å². The van der Waals surface area contributed by atoms with Gasteiger partial charge in [-0.1, -0.05) is 11.6 Å². The fraction of sp³-hybridized carbons (Fsp3) is 0. The molecule has 0 aliphatic rings. The van der Waals surface area contributed by atoms with Crippen molar-refractivity contribution in [2.75, 3.05) is 5.43 Å². The molecule has 3 N–H and O–H groups in total. The zero-order valence-corrected chi connectivity index (χ0v) is 9.29. The molecule has 0 heterocycles. The van der Waals surface area contributed by atoms with Gasteiger partial charge in [-0.2, -0.15) is 0 Å². The van der Waals surface area contributed by atoms with Crippen molar-refractivity contribution in [3.8, 4) is 0 Å². The molecular weight excluding hydrogens is 295 g/mol. The third kappa shape index (κ3) is 1.87. The maximum absolute atomic E-state index is 5.87. The molecule has 0 aliphatic heterocycles. The van der Waals surface area contributed by atoms with E-state index in [1.54, 1.807) is 0 Å². The summed E-state index contributed by atoms with van der Waals surface area (Å²) in [7, 11) is 0. The van der Waals surface area contributed by atoms with Crippen LogP contribution < -0.4 is 11.3 Å². The summed E-state index contributed by atoms with van der Waals surface area (Å²) < 4.78 is 1.60. The van der Waals surface area contributed by atoms with Crippen molar-refractivity contribution in [2.45, 2.75) is 0 Å². The monoisotopic (exact) mass is 298 g/mol. The van der Waals surface area contributed by atoms with Gasteiger partial charge < -0.3 is 5.43 Å². The molecule has 0 aliphatic carbocycles. The van der Waals surface area contributed by atoms with E-state index >= 15 is 0 Å². The Morgan fingerprint density at radius 3 is 2.55 bits per heavy atom. The molecule has 1 aromatic rings. The highest BCUT2D eigenvalue weighted by Gasteiger charge is 2.05. The van der Waals surface area contributed by atoms with Gasteiger partial charge in [0.05, 0.1) is 15.2 Å². The molecule has 11 heavy (non-hydrogen) atoms. The summed E-state index contributed by atoms with van der Waals surface area (Å²) in [6.07, 6.45) is 0. The lowest BCUT2D eigenvalue weighted by Crippen LogP contribution is -2.07. The summed E-state index contributed by atoms with van der Waals surface area (Å²) in [5.74, 6) is 5.22. The highest BCUT2D eigenvalue weighted by molar-refractivity contribution is 9.11. The van der Waals surface area contributed by atoms with Crippen LogP contribution in [0.15, 0.2) is 21.1 Å². The average Bonchev–Trinajstić information content (AvgIpc) is 2.01. The number of hydrazine groups is 1. The van der Waals surface area contributed by atoms with Crippen LogP contribution in [0.3, 0.4) is 0 Å². The van der Waals surface area contributed by atoms with Gasteiger partial charge in [0.1, 0.15) is 0 Å². The van der Waals surface area contributed by atoms with Crippen molar-refractivity contribution in [1.82, 2.24) is 0 Å². The molecule has 0 saturated heterocycles. The molecule has 1 aromatic carbocycles. The predicted octanol–water partition coefficient (Wildman–Crippen LogP) is 3.15. The van der Waals surface area contributed by atoms with Gasteiger partial charge in [0.15, 0.2) is 0 Å². The molecule has 5 heteroatoms. The zero-order valence-electron chi connectivity index (χ0n) is 5.37. The quantitative estimate of drug-likeness (QED) is 0.475. The third-order valence-electron chi connectivity index (χ3n) is 1.19. The number of hydrogen-bond donors (Lipinski definition) is 2. The van der Waals surface area contributed by atoms with Crippen LogP contribution in [0, 0.1) is 0 Å². The number of hydrogen-bond acceptors (Lipinski definition) is 2. The summed E-state index contributed by atoms with van der Waals surface area (Å²) >= 11 is 12.4. The van der Waals surface area contributed by atoms with Gasteiger partial charge in [0, 0.05) is 4.47 Å². The number of nitrogens with two attached hydrogens (primary N) is 1. The Morgan fingerprint density at radius 1 is 1.36 bits per heavy atom. The minimum Gasteiger partial charge on any atom is -0.323 e. The van der Waals surface area contributed by atoms with Crippen LogP contribution >= 0.6 is 43.5 Å². The van der Waals surface area contributed by atoms with E-state index in [4.69, 9.17) is 17.4 Å². The van der Waals surface area contributed by atoms with Gasteiger partial charge >= 0.3 is 0 Å². The number of halogens is 3. The second-order valence-corrected chi connectivity index (χ2v) is 3.89. The molecule has 0 fully saturated rings. The maximum Gasteiger partial charge on any atom is 0.0711 e. The van der Waals surface area contributed by atoms with Crippen LogP contribution in [0.4, 0.5) is 5.69 Å². The summed E-state index contributed by atoms with van der Waals surface area (Å²) in [6, 6.07) is 3.64. The van der Waals surface area contributed by atoms with Crippen LogP contribution in [-0.2, 0) is 0 Å². The van der Waals surface area contributed by atoms with Gasteiger partial charge in [-0.05, 0) is 44.0 Å². The van der Waals surface area contributed by atoms with Crippen LogP contribution in [-0.4, -0.2) is 0 Å². The van der Waals surface area contributed by atoms with E-state index < -0.39 is 0 Å². The van der Waals surface area contributed by atoms with Crippen LogP contribution in [0.5, 0.6) is 0 Å². The van der Waals surface area contributed by atoms with Crippen molar-refractivity contribution >= 4 is 49.1 Å². The fourth-order valence-electron chi connectivity index (χ4n) is 0.637. The van der Waals surface area contributed by atoms with Crippen molar-refractivity contribution in [3.05, 3.63) is 26.1 Å².